The Hall–Kier alpha value is -3.26. The molecule has 156 valence electrons. The number of anilines is 1. The number of carbonyl (C=O) groups excluding carboxylic acids is 2. The Kier molecular flexibility index (Phi) is 4.32. The van der Waals surface area contributed by atoms with Crippen molar-refractivity contribution in [1.82, 2.24) is 4.90 Å². The van der Waals surface area contributed by atoms with Gasteiger partial charge in [-0.3, -0.25) is 9.59 Å². The minimum Gasteiger partial charge on any atom is -0.497 e. The molecule has 1 N–H and O–H groups in total. The van der Waals surface area contributed by atoms with E-state index in [1.807, 2.05) is 18.2 Å². The Balaban J connectivity index is 1.38. The molecule has 2 aromatic rings. The molecule has 1 aromatic heterocycles. The Morgan fingerprint density at radius 3 is 2.90 bits per heavy atom. The standard InChI is InChI=1S/C22H22N2O6/c1-27-13-5-6-15(17(10-13)28-2)23-20(25)18-16-7-8-22(30-16)12-24(21(26)19(18)22)11-14-4-3-9-29-14/h3-10,16,18-19H,11-12H2,1-2H3,(H,23,25)/t16-,18-,19-,22+/m1/s1. The SMILES string of the molecule is COc1ccc(NC(=O)[C@@H]2[C@H]3C=C[C@@]4(CN(Cc5ccco5)C(=O)[C@@H]24)O3)c(OC)c1. The molecule has 3 aliphatic rings. The number of benzene rings is 1. The highest BCUT2D eigenvalue weighted by Crippen LogP contribution is 2.52. The number of furan rings is 1. The fourth-order valence-electron chi connectivity index (χ4n) is 4.72. The van der Waals surface area contributed by atoms with Gasteiger partial charge in [0.05, 0.1) is 57.2 Å². The molecule has 0 unspecified atom stereocenters. The molecule has 8 nitrogen and oxygen atoms in total. The lowest BCUT2D eigenvalue weighted by atomic mass is 9.76. The minimum atomic E-state index is -0.764. The van der Waals surface area contributed by atoms with Crippen LogP contribution in [-0.4, -0.2) is 49.2 Å². The highest BCUT2D eigenvalue weighted by Gasteiger charge is 2.66. The topological polar surface area (TPSA) is 90.2 Å². The Labute approximate surface area is 173 Å². The fraction of sp³-hybridized carbons (Fsp3) is 0.364. The largest absolute Gasteiger partial charge is 0.497 e. The van der Waals surface area contributed by atoms with Crippen molar-refractivity contribution in [3.63, 3.8) is 0 Å². The van der Waals surface area contributed by atoms with Crippen LogP contribution >= 0.6 is 0 Å². The molecule has 8 heteroatoms. The quantitative estimate of drug-likeness (QED) is 0.735. The molecule has 5 rings (SSSR count). The van der Waals surface area contributed by atoms with Crippen LogP contribution in [0.4, 0.5) is 5.69 Å². The van der Waals surface area contributed by atoms with Crippen LogP contribution in [-0.2, 0) is 20.9 Å². The zero-order chi connectivity index (χ0) is 20.9. The number of rotatable bonds is 6. The number of ether oxygens (including phenoxy) is 3. The number of hydrogen-bond acceptors (Lipinski definition) is 6. The van der Waals surface area contributed by atoms with Crippen LogP contribution in [0.2, 0.25) is 0 Å². The van der Waals surface area contributed by atoms with Crippen molar-refractivity contribution in [2.45, 2.75) is 18.2 Å². The smallest absolute Gasteiger partial charge is 0.231 e. The molecule has 1 spiro atoms. The normalized spacial score (nSPS) is 28.7. The van der Waals surface area contributed by atoms with E-state index in [1.165, 1.54) is 7.11 Å². The first kappa shape index (κ1) is 18.7. The van der Waals surface area contributed by atoms with Gasteiger partial charge in [0, 0.05) is 6.07 Å². The molecule has 0 saturated carbocycles. The zero-order valence-corrected chi connectivity index (χ0v) is 16.7. The predicted octanol–water partition coefficient (Wildman–Crippen LogP) is 2.22. The summed E-state index contributed by atoms with van der Waals surface area (Å²) in [5.74, 6) is 0.251. The summed E-state index contributed by atoms with van der Waals surface area (Å²) in [6.07, 6.45) is 4.97. The molecule has 2 saturated heterocycles. The van der Waals surface area contributed by atoms with Gasteiger partial charge >= 0.3 is 0 Å². The van der Waals surface area contributed by atoms with Gasteiger partial charge in [-0.25, -0.2) is 0 Å². The monoisotopic (exact) mass is 410 g/mol. The number of nitrogens with zero attached hydrogens (tertiary/aromatic N) is 1. The lowest BCUT2D eigenvalue weighted by Gasteiger charge is -2.24. The second-order valence-corrected chi connectivity index (χ2v) is 7.73. The van der Waals surface area contributed by atoms with Gasteiger partial charge in [0.2, 0.25) is 11.8 Å². The van der Waals surface area contributed by atoms with Crippen molar-refractivity contribution in [3.05, 3.63) is 54.5 Å². The molecule has 4 atom stereocenters. The van der Waals surface area contributed by atoms with Gasteiger partial charge in [-0.1, -0.05) is 12.2 Å². The summed E-state index contributed by atoms with van der Waals surface area (Å²) in [6, 6.07) is 8.76. The molecule has 2 bridgehead atoms. The minimum absolute atomic E-state index is 0.0971. The third kappa shape index (κ3) is 2.79. The first-order chi connectivity index (χ1) is 14.5. The Morgan fingerprint density at radius 2 is 2.17 bits per heavy atom. The van der Waals surface area contributed by atoms with Crippen molar-refractivity contribution in [2.24, 2.45) is 11.8 Å². The second-order valence-electron chi connectivity index (χ2n) is 7.73. The van der Waals surface area contributed by atoms with Gasteiger partial charge in [0.25, 0.3) is 0 Å². The van der Waals surface area contributed by atoms with Gasteiger partial charge < -0.3 is 28.8 Å². The van der Waals surface area contributed by atoms with E-state index in [4.69, 9.17) is 18.6 Å². The lowest BCUT2D eigenvalue weighted by molar-refractivity contribution is -0.136. The van der Waals surface area contributed by atoms with Crippen LogP contribution in [0.25, 0.3) is 0 Å². The van der Waals surface area contributed by atoms with Gasteiger partial charge in [0.15, 0.2) is 0 Å². The molecule has 3 aliphatic heterocycles. The van der Waals surface area contributed by atoms with Crippen molar-refractivity contribution in [1.29, 1.82) is 0 Å². The van der Waals surface area contributed by atoms with Crippen LogP contribution in [0.15, 0.2) is 53.2 Å². The van der Waals surface area contributed by atoms with Crippen molar-refractivity contribution < 1.29 is 28.2 Å². The number of methoxy groups -OCH3 is 2. The lowest BCUT2D eigenvalue weighted by Crippen LogP contribution is -2.41. The highest BCUT2D eigenvalue weighted by molar-refractivity contribution is 6.00. The average molecular weight is 410 g/mol. The number of amides is 2. The van der Waals surface area contributed by atoms with Crippen LogP contribution in [0, 0.1) is 11.8 Å². The van der Waals surface area contributed by atoms with Gasteiger partial charge in [-0.15, -0.1) is 0 Å². The molecule has 0 radical (unpaired) electrons. The maximum atomic E-state index is 13.2. The summed E-state index contributed by atoms with van der Waals surface area (Å²) in [5.41, 5.74) is -0.248. The van der Waals surface area contributed by atoms with E-state index in [1.54, 1.807) is 42.5 Å². The number of carbonyl (C=O) groups is 2. The van der Waals surface area contributed by atoms with Gasteiger partial charge in [-0.05, 0) is 24.3 Å². The van der Waals surface area contributed by atoms with Crippen molar-refractivity contribution in [2.75, 3.05) is 26.1 Å². The Bertz CT molecular complexity index is 1020. The maximum absolute atomic E-state index is 13.2. The van der Waals surface area contributed by atoms with E-state index in [0.717, 1.165) is 0 Å². The summed E-state index contributed by atoms with van der Waals surface area (Å²) < 4.78 is 22.1. The van der Waals surface area contributed by atoms with Crippen molar-refractivity contribution in [3.8, 4) is 11.5 Å². The molecular weight excluding hydrogens is 388 g/mol. The molecule has 30 heavy (non-hydrogen) atoms. The highest BCUT2D eigenvalue weighted by atomic mass is 16.5. The number of fused-ring (bicyclic) bond motifs is 1. The summed E-state index contributed by atoms with van der Waals surface area (Å²) in [7, 11) is 3.08. The molecule has 4 heterocycles. The summed E-state index contributed by atoms with van der Waals surface area (Å²) >= 11 is 0. The fourth-order valence-corrected chi connectivity index (χ4v) is 4.72. The number of likely N-dealkylation sites (tertiary alicyclic amines) is 1. The predicted molar refractivity (Wildman–Crippen MR) is 106 cm³/mol. The molecule has 1 aromatic carbocycles. The Morgan fingerprint density at radius 1 is 1.30 bits per heavy atom. The van der Waals surface area contributed by atoms with E-state index < -0.39 is 23.5 Å². The zero-order valence-electron chi connectivity index (χ0n) is 16.7. The second kappa shape index (κ2) is 6.91. The molecule has 2 fully saturated rings. The van der Waals surface area contributed by atoms with Gasteiger partial charge in [0.1, 0.15) is 22.9 Å². The molecule has 0 aliphatic carbocycles. The van der Waals surface area contributed by atoms with Crippen LogP contribution in [0.1, 0.15) is 5.76 Å². The van der Waals surface area contributed by atoms with E-state index in [-0.39, 0.29) is 11.8 Å². The molecule has 2 amide bonds. The average Bonchev–Trinajstić information content (AvgIpc) is 3.52. The van der Waals surface area contributed by atoms with E-state index in [0.29, 0.717) is 36.0 Å². The molecular formula is C22H22N2O6. The van der Waals surface area contributed by atoms with E-state index >= 15 is 0 Å². The van der Waals surface area contributed by atoms with E-state index in [2.05, 4.69) is 5.32 Å². The maximum Gasteiger partial charge on any atom is 0.231 e. The first-order valence-electron chi connectivity index (χ1n) is 9.76. The van der Waals surface area contributed by atoms with Crippen LogP contribution in [0.3, 0.4) is 0 Å². The van der Waals surface area contributed by atoms with E-state index in [9.17, 15) is 9.59 Å². The number of nitrogens with one attached hydrogen (secondary N) is 1. The first-order valence-corrected chi connectivity index (χ1v) is 9.76. The summed E-state index contributed by atoms with van der Waals surface area (Å²) in [6.45, 7) is 0.756. The number of hydrogen-bond donors (Lipinski definition) is 1. The van der Waals surface area contributed by atoms with Crippen molar-refractivity contribution >= 4 is 17.5 Å². The third-order valence-corrected chi connectivity index (χ3v) is 6.07. The van der Waals surface area contributed by atoms with Crippen LogP contribution in [0.5, 0.6) is 11.5 Å². The summed E-state index contributed by atoms with van der Waals surface area (Å²) in [4.78, 5) is 28.2. The third-order valence-electron chi connectivity index (χ3n) is 6.07. The summed E-state index contributed by atoms with van der Waals surface area (Å²) in [5, 5.41) is 2.91. The van der Waals surface area contributed by atoms with Gasteiger partial charge in [-0.2, -0.15) is 0 Å². The van der Waals surface area contributed by atoms with Crippen LogP contribution < -0.4 is 14.8 Å².